The van der Waals surface area contributed by atoms with Gasteiger partial charge in [-0.2, -0.15) is 0 Å². The van der Waals surface area contributed by atoms with E-state index in [2.05, 4.69) is 25.2 Å². The number of nitrogens with zero attached hydrogens (tertiary/aromatic N) is 5. The van der Waals surface area contributed by atoms with Gasteiger partial charge in [0.25, 0.3) is 0 Å². The molecule has 4 rings (SSSR count). The van der Waals surface area contributed by atoms with Gasteiger partial charge in [-0.15, -0.1) is 0 Å². The van der Waals surface area contributed by atoms with Gasteiger partial charge in [0.15, 0.2) is 5.69 Å². The number of pyridine rings is 1. The van der Waals surface area contributed by atoms with Gasteiger partial charge in [-0.3, -0.25) is 9.59 Å². The fraction of sp³-hybridized carbons (Fsp3) is 0.0526. The molecule has 9 nitrogen and oxygen atoms in total. The first-order valence-corrected chi connectivity index (χ1v) is 8.22. The maximum Gasteiger partial charge on any atom is 0.249 e. The quantitative estimate of drug-likeness (QED) is 0.247. The standard InChI is InChI=1S/C19H12N6O3/c1-10-8-15(24-28-10)17(26)14-9-22-18-16(14)13(6-7-21-18)11-2-4-12(5-3-11)19(27)23-25-20/h2-9H,1H3,(H,21,22). The smallest absolute Gasteiger partial charge is 0.249 e. The van der Waals surface area contributed by atoms with Crippen molar-refractivity contribution in [3.05, 3.63) is 81.8 Å². The molecule has 0 bridgehead atoms. The number of aromatic amines is 1. The zero-order valence-electron chi connectivity index (χ0n) is 14.6. The van der Waals surface area contributed by atoms with Crippen LogP contribution >= 0.6 is 0 Å². The molecular weight excluding hydrogens is 360 g/mol. The second-order valence-electron chi connectivity index (χ2n) is 6.01. The van der Waals surface area contributed by atoms with Crippen molar-refractivity contribution in [1.82, 2.24) is 15.1 Å². The summed E-state index contributed by atoms with van der Waals surface area (Å²) in [7, 11) is 0. The Kier molecular flexibility index (Phi) is 4.19. The fourth-order valence-corrected chi connectivity index (χ4v) is 2.98. The van der Waals surface area contributed by atoms with E-state index < -0.39 is 5.91 Å². The fourth-order valence-electron chi connectivity index (χ4n) is 2.98. The SMILES string of the molecule is Cc1cc(C(=O)c2c[nH]c3nccc(-c4ccc(C(=O)N=[N+]=[N-])cc4)c23)no1. The van der Waals surface area contributed by atoms with E-state index in [0.29, 0.717) is 22.4 Å². The van der Waals surface area contributed by atoms with Gasteiger partial charge in [0, 0.05) is 34.3 Å². The predicted octanol–water partition coefficient (Wildman–Crippen LogP) is 4.21. The molecule has 0 radical (unpaired) electrons. The van der Waals surface area contributed by atoms with E-state index in [9.17, 15) is 9.59 Å². The summed E-state index contributed by atoms with van der Waals surface area (Å²) in [6.45, 7) is 1.71. The molecule has 136 valence electrons. The highest BCUT2D eigenvalue weighted by Crippen LogP contribution is 2.31. The second kappa shape index (κ2) is 6.82. The number of carbonyl (C=O) groups excluding carboxylic acids is 2. The lowest BCUT2D eigenvalue weighted by Gasteiger charge is -2.06. The van der Waals surface area contributed by atoms with Gasteiger partial charge in [0.2, 0.25) is 11.7 Å². The third-order valence-electron chi connectivity index (χ3n) is 4.26. The number of H-pyrrole nitrogens is 1. The van der Waals surface area contributed by atoms with Crippen molar-refractivity contribution >= 4 is 22.7 Å². The van der Waals surface area contributed by atoms with Crippen LogP contribution in [0.2, 0.25) is 0 Å². The van der Waals surface area contributed by atoms with E-state index in [1.54, 1.807) is 55.7 Å². The summed E-state index contributed by atoms with van der Waals surface area (Å²) < 4.78 is 5.00. The molecule has 3 heterocycles. The Morgan fingerprint density at radius 2 is 2.00 bits per heavy atom. The molecule has 0 fully saturated rings. The average Bonchev–Trinajstić information content (AvgIpc) is 3.34. The van der Waals surface area contributed by atoms with Crippen LogP contribution < -0.4 is 0 Å². The molecule has 0 spiro atoms. The summed E-state index contributed by atoms with van der Waals surface area (Å²) in [4.78, 5) is 34.3. The van der Waals surface area contributed by atoms with E-state index in [1.807, 2.05) is 0 Å². The summed E-state index contributed by atoms with van der Waals surface area (Å²) in [6.07, 6.45) is 3.22. The number of aromatic nitrogens is 3. The second-order valence-corrected chi connectivity index (χ2v) is 6.01. The molecule has 0 saturated heterocycles. The van der Waals surface area contributed by atoms with Crippen LogP contribution in [0.1, 0.15) is 32.2 Å². The Labute approximate surface area is 157 Å². The third-order valence-corrected chi connectivity index (χ3v) is 4.26. The highest BCUT2D eigenvalue weighted by molar-refractivity contribution is 6.18. The summed E-state index contributed by atoms with van der Waals surface area (Å²) in [5.74, 6) is -0.401. The zero-order chi connectivity index (χ0) is 19.7. The van der Waals surface area contributed by atoms with Crippen molar-refractivity contribution in [2.75, 3.05) is 0 Å². The zero-order valence-corrected chi connectivity index (χ0v) is 14.6. The molecule has 0 unspecified atom stereocenters. The van der Waals surface area contributed by atoms with Gasteiger partial charge < -0.3 is 9.51 Å². The van der Waals surface area contributed by atoms with Gasteiger partial charge in [0.1, 0.15) is 11.4 Å². The Morgan fingerprint density at radius 1 is 1.21 bits per heavy atom. The van der Waals surface area contributed by atoms with Gasteiger partial charge in [-0.25, -0.2) is 4.98 Å². The normalized spacial score (nSPS) is 10.6. The Bertz CT molecular complexity index is 1260. The first kappa shape index (κ1) is 17.2. The lowest BCUT2D eigenvalue weighted by Crippen LogP contribution is -2.01. The van der Waals surface area contributed by atoms with Crippen LogP contribution in [0.4, 0.5) is 0 Å². The van der Waals surface area contributed by atoms with E-state index in [4.69, 9.17) is 10.1 Å². The number of nitrogens with one attached hydrogen (secondary N) is 1. The van der Waals surface area contributed by atoms with Crippen LogP contribution in [0, 0.1) is 6.92 Å². The highest BCUT2D eigenvalue weighted by atomic mass is 16.5. The van der Waals surface area contributed by atoms with Crippen LogP contribution in [-0.2, 0) is 0 Å². The van der Waals surface area contributed by atoms with Gasteiger partial charge in [0.05, 0.1) is 5.56 Å². The molecule has 0 atom stereocenters. The average molecular weight is 372 g/mol. The molecule has 9 heteroatoms. The van der Waals surface area contributed by atoms with E-state index in [-0.39, 0.29) is 17.0 Å². The Morgan fingerprint density at radius 3 is 2.68 bits per heavy atom. The predicted molar refractivity (Wildman–Crippen MR) is 99.7 cm³/mol. The Balaban J connectivity index is 1.82. The molecule has 0 aliphatic heterocycles. The molecule has 0 saturated carbocycles. The number of amides is 1. The lowest BCUT2D eigenvalue weighted by atomic mass is 9.98. The number of fused-ring (bicyclic) bond motifs is 1. The van der Waals surface area contributed by atoms with Crippen molar-refractivity contribution in [3.8, 4) is 11.1 Å². The Hall–Kier alpha value is -4.23. The molecule has 0 aliphatic rings. The van der Waals surface area contributed by atoms with Crippen molar-refractivity contribution in [2.45, 2.75) is 6.92 Å². The maximum absolute atomic E-state index is 12.9. The van der Waals surface area contributed by atoms with Crippen molar-refractivity contribution < 1.29 is 14.1 Å². The first-order chi connectivity index (χ1) is 13.6. The molecule has 1 aromatic carbocycles. The number of hydrogen-bond acceptors (Lipinski definition) is 5. The summed E-state index contributed by atoms with van der Waals surface area (Å²) in [6, 6.07) is 9.92. The van der Waals surface area contributed by atoms with Crippen LogP contribution in [0.15, 0.2) is 58.4 Å². The maximum atomic E-state index is 12.9. The van der Waals surface area contributed by atoms with Gasteiger partial charge in [-0.1, -0.05) is 29.4 Å². The van der Waals surface area contributed by atoms with Gasteiger partial charge >= 0.3 is 0 Å². The van der Waals surface area contributed by atoms with Crippen LogP contribution in [-0.4, -0.2) is 26.8 Å². The highest BCUT2D eigenvalue weighted by Gasteiger charge is 2.20. The van der Waals surface area contributed by atoms with Crippen molar-refractivity contribution in [1.29, 1.82) is 0 Å². The summed E-state index contributed by atoms with van der Waals surface area (Å²) >= 11 is 0. The summed E-state index contributed by atoms with van der Waals surface area (Å²) in [5.41, 5.74) is 11.4. The lowest BCUT2D eigenvalue weighted by molar-refractivity contribution is 0.0998. The molecule has 1 N–H and O–H groups in total. The van der Waals surface area contributed by atoms with Crippen LogP contribution in [0.3, 0.4) is 0 Å². The minimum absolute atomic E-state index is 0.212. The monoisotopic (exact) mass is 372 g/mol. The van der Waals surface area contributed by atoms with Gasteiger partial charge in [-0.05, 0) is 34.8 Å². The number of aryl methyl sites for hydroxylation is 1. The first-order valence-electron chi connectivity index (χ1n) is 8.22. The third kappa shape index (κ3) is 2.91. The number of rotatable bonds is 4. The van der Waals surface area contributed by atoms with Crippen molar-refractivity contribution in [3.63, 3.8) is 0 Å². The van der Waals surface area contributed by atoms with E-state index in [1.165, 1.54) is 0 Å². The van der Waals surface area contributed by atoms with Crippen LogP contribution in [0.5, 0.6) is 0 Å². The van der Waals surface area contributed by atoms with Crippen molar-refractivity contribution in [2.24, 2.45) is 5.11 Å². The number of carbonyl (C=O) groups is 2. The van der Waals surface area contributed by atoms with E-state index >= 15 is 0 Å². The molecular formula is C19H12N6O3. The topological polar surface area (TPSA) is 138 Å². The molecule has 3 aromatic heterocycles. The number of benzene rings is 1. The number of hydrogen-bond donors (Lipinski definition) is 1. The summed E-state index contributed by atoms with van der Waals surface area (Å²) in [5, 5.41) is 7.51. The minimum atomic E-state index is -0.659. The van der Waals surface area contributed by atoms with Crippen LogP contribution in [0.25, 0.3) is 32.6 Å². The largest absolute Gasteiger partial charge is 0.361 e. The number of ketones is 1. The molecule has 28 heavy (non-hydrogen) atoms. The number of azide groups is 1. The minimum Gasteiger partial charge on any atom is -0.361 e. The molecule has 1 amide bonds. The molecule has 4 aromatic rings. The molecule has 0 aliphatic carbocycles. The van der Waals surface area contributed by atoms with E-state index in [0.717, 1.165) is 11.1 Å².